The van der Waals surface area contributed by atoms with Gasteiger partial charge >= 0.3 is 0 Å². The first kappa shape index (κ1) is 11.9. The molecule has 19 heavy (non-hydrogen) atoms. The summed E-state index contributed by atoms with van der Waals surface area (Å²) in [5, 5.41) is 10.4. The molecule has 0 saturated heterocycles. The first-order valence-electron chi connectivity index (χ1n) is 6.04. The van der Waals surface area contributed by atoms with E-state index in [1.807, 2.05) is 54.6 Å². The number of hydrogen-bond donors (Lipinski definition) is 1. The molecule has 0 saturated carbocycles. The van der Waals surface area contributed by atoms with Crippen molar-refractivity contribution in [3.8, 4) is 10.6 Å². The second-order valence-corrected chi connectivity index (χ2v) is 5.30. The van der Waals surface area contributed by atoms with E-state index in [-0.39, 0.29) is 0 Å². The number of nitrogens with zero attached hydrogens (tertiary/aromatic N) is 2. The SMILES string of the molecule is Nc1ccccc1Cc1nnc(-c2ccccc2)s1. The topological polar surface area (TPSA) is 51.8 Å². The van der Waals surface area contributed by atoms with Gasteiger partial charge in [-0.25, -0.2) is 0 Å². The Hall–Kier alpha value is -2.20. The van der Waals surface area contributed by atoms with Crippen LogP contribution in [0.4, 0.5) is 5.69 Å². The minimum absolute atomic E-state index is 0.733. The van der Waals surface area contributed by atoms with Gasteiger partial charge in [0.15, 0.2) is 0 Å². The highest BCUT2D eigenvalue weighted by atomic mass is 32.1. The van der Waals surface area contributed by atoms with Crippen LogP contribution in [-0.2, 0) is 6.42 Å². The van der Waals surface area contributed by atoms with Gasteiger partial charge in [0.2, 0.25) is 0 Å². The Labute approximate surface area is 115 Å². The Morgan fingerprint density at radius 1 is 0.895 bits per heavy atom. The van der Waals surface area contributed by atoms with E-state index in [0.29, 0.717) is 0 Å². The maximum atomic E-state index is 5.94. The molecule has 0 unspecified atom stereocenters. The van der Waals surface area contributed by atoms with Crippen LogP contribution >= 0.6 is 11.3 Å². The standard InChI is InChI=1S/C15H13N3S/c16-13-9-5-4-8-12(13)10-14-17-18-15(19-14)11-6-2-1-3-7-11/h1-9H,10,16H2. The number of benzene rings is 2. The summed E-state index contributed by atoms with van der Waals surface area (Å²) >= 11 is 1.61. The molecule has 1 aromatic heterocycles. The molecule has 0 bridgehead atoms. The molecule has 4 heteroatoms. The van der Waals surface area contributed by atoms with Gasteiger partial charge in [-0.05, 0) is 11.6 Å². The van der Waals surface area contributed by atoms with Gasteiger partial charge in [0.1, 0.15) is 10.0 Å². The lowest BCUT2D eigenvalue weighted by Crippen LogP contribution is -1.94. The Morgan fingerprint density at radius 3 is 2.42 bits per heavy atom. The molecule has 0 spiro atoms. The van der Waals surface area contributed by atoms with Crippen molar-refractivity contribution in [3.05, 3.63) is 65.2 Å². The predicted molar refractivity (Wildman–Crippen MR) is 79.0 cm³/mol. The Balaban J connectivity index is 1.85. The third kappa shape index (κ3) is 2.63. The lowest BCUT2D eigenvalue weighted by atomic mass is 10.1. The third-order valence-electron chi connectivity index (χ3n) is 2.88. The first-order valence-corrected chi connectivity index (χ1v) is 6.86. The molecule has 94 valence electrons. The van der Waals surface area contributed by atoms with Gasteiger partial charge in [-0.3, -0.25) is 0 Å². The zero-order chi connectivity index (χ0) is 13.1. The molecule has 3 aromatic rings. The Bertz CT molecular complexity index is 677. The van der Waals surface area contributed by atoms with E-state index in [0.717, 1.165) is 33.3 Å². The predicted octanol–water partition coefficient (Wildman–Crippen LogP) is 3.38. The molecule has 0 aliphatic rings. The molecular weight excluding hydrogens is 254 g/mol. The first-order chi connectivity index (χ1) is 9.33. The fraction of sp³-hybridized carbons (Fsp3) is 0.0667. The fourth-order valence-corrected chi connectivity index (χ4v) is 2.75. The number of aromatic nitrogens is 2. The van der Waals surface area contributed by atoms with E-state index >= 15 is 0 Å². The van der Waals surface area contributed by atoms with Crippen LogP contribution in [0.1, 0.15) is 10.6 Å². The molecular formula is C15H13N3S. The van der Waals surface area contributed by atoms with Crippen LogP contribution in [0.15, 0.2) is 54.6 Å². The number of hydrogen-bond acceptors (Lipinski definition) is 4. The van der Waals surface area contributed by atoms with E-state index < -0.39 is 0 Å². The minimum atomic E-state index is 0.733. The summed E-state index contributed by atoms with van der Waals surface area (Å²) in [5.41, 5.74) is 8.95. The van der Waals surface area contributed by atoms with Crippen LogP contribution in [0, 0.1) is 0 Å². The lowest BCUT2D eigenvalue weighted by molar-refractivity contribution is 1.01. The summed E-state index contributed by atoms with van der Waals surface area (Å²) in [5.74, 6) is 0. The van der Waals surface area contributed by atoms with Crippen LogP contribution in [-0.4, -0.2) is 10.2 Å². The normalized spacial score (nSPS) is 10.5. The van der Waals surface area contributed by atoms with E-state index in [1.165, 1.54) is 0 Å². The molecule has 0 aliphatic carbocycles. The highest BCUT2D eigenvalue weighted by Gasteiger charge is 2.08. The molecule has 0 fully saturated rings. The van der Waals surface area contributed by atoms with E-state index in [2.05, 4.69) is 10.2 Å². The molecule has 0 atom stereocenters. The van der Waals surface area contributed by atoms with Crippen LogP contribution in [0.25, 0.3) is 10.6 Å². The van der Waals surface area contributed by atoms with Crippen molar-refractivity contribution in [1.82, 2.24) is 10.2 Å². The zero-order valence-corrected chi connectivity index (χ0v) is 11.1. The zero-order valence-electron chi connectivity index (χ0n) is 10.3. The average molecular weight is 267 g/mol. The molecule has 3 nitrogen and oxygen atoms in total. The van der Waals surface area contributed by atoms with E-state index in [4.69, 9.17) is 5.73 Å². The van der Waals surface area contributed by atoms with Gasteiger partial charge in [-0.1, -0.05) is 59.9 Å². The molecule has 2 aromatic carbocycles. The van der Waals surface area contributed by atoms with Gasteiger partial charge in [0, 0.05) is 17.7 Å². The summed E-state index contributed by atoms with van der Waals surface area (Å²) in [7, 11) is 0. The quantitative estimate of drug-likeness (QED) is 0.740. The van der Waals surface area contributed by atoms with Crippen LogP contribution in [0.5, 0.6) is 0 Å². The number of nitrogens with two attached hydrogens (primary N) is 1. The van der Waals surface area contributed by atoms with Crippen molar-refractivity contribution in [2.24, 2.45) is 0 Å². The maximum absolute atomic E-state index is 5.94. The molecule has 2 N–H and O–H groups in total. The van der Waals surface area contributed by atoms with Crippen molar-refractivity contribution < 1.29 is 0 Å². The van der Waals surface area contributed by atoms with Crippen molar-refractivity contribution in [1.29, 1.82) is 0 Å². The summed E-state index contributed by atoms with van der Waals surface area (Å²) in [6.45, 7) is 0. The molecule has 0 radical (unpaired) electrons. The lowest BCUT2D eigenvalue weighted by Gasteiger charge is -2.01. The monoisotopic (exact) mass is 267 g/mol. The van der Waals surface area contributed by atoms with Gasteiger partial charge in [0.05, 0.1) is 0 Å². The molecule has 1 heterocycles. The highest BCUT2D eigenvalue weighted by molar-refractivity contribution is 7.14. The maximum Gasteiger partial charge on any atom is 0.147 e. The number of nitrogen functional groups attached to an aromatic ring is 1. The smallest absolute Gasteiger partial charge is 0.147 e. The summed E-state index contributed by atoms with van der Waals surface area (Å²) < 4.78 is 0. The van der Waals surface area contributed by atoms with Gasteiger partial charge < -0.3 is 5.73 Å². The number of para-hydroxylation sites is 1. The molecule has 0 aliphatic heterocycles. The van der Waals surface area contributed by atoms with Gasteiger partial charge in [-0.2, -0.15) is 0 Å². The second-order valence-electron chi connectivity index (χ2n) is 4.24. The molecule has 0 amide bonds. The largest absolute Gasteiger partial charge is 0.398 e. The van der Waals surface area contributed by atoms with Crippen LogP contribution in [0.3, 0.4) is 0 Å². The van der Waals surface area contributed by atoms with E-state index in [9.17, 15) is 0 Å². The highest BCUT2D eigenvalue weighted by Crippen LogP contribution is 2.25. The number of rotatable bonds is 3. The minimum Gasteiger partial charge on any atom is -0.398 e. The third-order valence-corrected chi connectivity index (χ3v) is 3.86. The Kier molecular flexibility index (Phi) is 3.25. The summed E-state index contributed by atoms with van der Waals surface area (Å²) in [4.78, 5) is 0. The molecule has 3 rings (SSSR count). The van der Waals surface area contributed by atoms with Crippen LogP contribution < -0.4 is 5.73 Å². The van der Waals surface area contributed by atoms with Crippen LogP contribution in [0.2, 0.25) is 0 Å². The van der Waals surface area contributed by atoms with Gasteiger partial charge in [-0.15, -0.1) is 10.2 Å². The van der Waals surface area contributed by atoms with Gasteiger partial charge in [0.25, 0.3) is 0 Å². The van der Waals surface area contributed by atoms with Crippen molar-refractivity contribution in [2.75, 3.05) is 5.73 Å². The van der Waals surface area contributed by atoms with Crippen molar-refractivity contribution >= 4 is 17.0 Å². The summed E-state index contributed by atoms with van der Waals surface area (Å²) in [6, 6.07) is 18.0. The second kappa shape index (κ2) is 5.20. The average Bonchev–Trinajstić information content (AvgIpc) is 2.91. The number of anilines is 1. The summed E-state index contributed by atoms with van der Waals surface area (Å²) in [6.07, 6.45) is 0.733. The Morgan fingerprint density at radius 2 is 1.63 bits per heavy atom. The van der Waals surface area contributed by atoms with Crippen molar-refractivity contribution in [3.63, 3.8) is 0 Å². The van der Waals surface area contributed by atoms with Crippen molar-refractivity contribution in [2.45, 2.75) is 6.42 Å². The fourth-order valence-electron chi connectivity index (χ4n) is 1.88. The van der Waals surface area contributed by atoms with E-state index in [1.54, 1.807) is 11.3 Å².